The van der Waals surface area contributed by atoms with E-state index in [1.807, 2.05) is 24.3 Å². The quantitative estimate of drug-likeness (QED) is 0.800. The van der Waals surface area contributed by atoms with Gasteiger partial charge in [-0.05, 0) is 44.5 Å². The molecule has 0 amide bonds. The summed E-state index contributed by atoms with van der Waals surface area (Å²) in [4.78, 5) is 0. The minimum atomic E-state index is -0.559. The van der Waals surface area contributed by atoms with Crippen molar-refractivity contribution in [2.24, 2.45) is 0 Å². The smallest absolute Gasteiger partial charge is 0.119 e. The minimum Gasteiger partial charge on any atom is -0.497 e. The molecule has 1 saturated heterocycles. The van der Waals surface area contributed by atoms with Crippen LogP contribution in [0.3, 0.4) is 0 Å². The third-order valence-electron chi connectivity index (χ3n) is 4.13. The summed E-state index contributed by atoms with van der Waals surface area (Å²) in [5.74, 6) is 1.51. The Hall–Kier alpha value is -1.30. The maximum absolute atomic E-state index is 10.0. The molecule has 0 radical (unpaired) electrons. The first-order valence-electron chi connectivity index (χ1n) is 7.35. The van der Waals surface area contributed by atoms with Crippen molar-refractivity contribution in [3.8, 4) is 11.5 Å². The number of β-amino-alcohol motifs (C(OH)–C–C–N with tert-alkyl or cyclic N) is 1. The number of hydrogen-bond donors (Lipinski definition) is 2. The highest BCUT2D eigenvalue weighted by atomic mass is 16.5. The van der Waals surface area contributed by atoms with Gasteiger partial charge in [0.15, 0.2) is 0 Å². The van der Waals surface area contributed by atoms with Gasteiger partial charge in [-0.15, -0.1) is 0 Å². The van der Waals surface area contributed by atoms with Crippen molar-refractivity contribution in [1.29, 1.82) is 0 Å². The summed E-state index contributed by atoms with van der Waals surface area (Å²) >= 11 is 0. The molecular weight excluding hydrogens is 270 g/mol. The summed E-state index contributed by atoms with van der Waals surface area (Å²) in [7, 11) is 1.62. The molecule has 1 aliphatic heterocycles. The SMILES string of the molecule is COc1ccc(OCC(O)CNC2(C)CCOC2C)cc1. The number of hydrogen-bond acceptors (Lipinski definition) is 5. The van der Waals surface area contributed by atoms with E-state index in [1.165, 1.54) is 0 Å². The predicted molar refractivity (Wildman–Crippen MR) is 80.9 cm³/mol. The number of ether oxygens (including phenoxy) is 3. The zero-order valence-corrected chi connectivity index (χ0v) is 13.0. The second kappa shape index (κ2) is 7.11. The molecule has 1 aromatic carbocycles. The molecule has 5 heteroatoms. The topological polar surface area (TPSA) is 60.0 Å². The van der Waals surface area contributed by atoms with Crippen LogP contribution in [0.2, 0.25) is 0 Å². The lowest BCUT2D eigenvalue weighted by atomic mass is 9.94. The lowest BCUT2D eigenvalue weighted by molar-refractivity contribution is 0.0686. The first-order chi connectivity index (χ1) is 10.0. The van der Waals surface area contributed by atoms with Gasteiger partial charge >= 0.3 is 0 Å². The van der Waals surface area contributed by atoms with Gasteiger partial charge in [-0.1, -0.05) is 0 Å². The number of rotatable bonds is 7. The minimum absolute atomic E-state index is 0.0684. The summed E-state index contributed by atoms with van der Waals surface area (Å²) in [6.45, 7) is 5.69. The van der Waals surface area contributed by atoms with Gasteiger partial charge < -0.3 is 24.6 Å². The van der Waals surface area contributed by atoms with Crippen LogP contribution in [0.15, 0.2) is 24.3 Å². The third kappa shape index (κ3) is 4.33. The van der Waals surface area contributed by atoms with Crippen LogP contribution in [0.1, 0.15) is 20.3 Å². The van der Waals surface area contributed by atoms with Crippen molar-refractivity contribution in [1.82, 2.24) is 5.32 Å². The Morgan fingerprint density at radius 1 is 1.38 bits per heavy atom. The van der Waals surface area contributed by atoms with Crippen LogP contribution in [0.5, 0.6) is 11.5 Å². The van der Waals surface area contributed by atoms with Crippen molar-refractivity contribution < 1.29 is 19.3 Å². The van der Waals surface area contributed by atoms with Crippen molar-refractivity contribution in [3.05, 3.63) is 24.3 Å². The Morgan fingerprint density at radius 2 is 2.05 bits per heavy atom. The van der Waals surface area contributed by atoms with Crippen LogP contribution in [-0.4, -0.2) is 49.7 Å². The molecule has 0 spiro atoms. The fourth-order valence-electron chi connectivity index (χ4n) is 2.34. The van der Waals surface area contributed by atoms with Crippen molar-refractivity contribution >= 4 is 0 Å². The fraction of sp³-hybridized carbons (Fsp3) is 0.625. The van der Waals surface area contributed by atoms with Crippen molar-refractivity contribution in [3.63, 3.8) is 0 Å². The van der Waals surface area contributed by atoms with Crippen LogP contribution in [0, 0.1) is 0 Å². The first-order valence-corrected chi connectivity index (χ1v) is 7.35. The first kappa shape index (κ1) is 16.1. The zero-order chi connectivity index (χ0) is 15.3. The molecule has 5 nitrogen and oxygen atoms in total. The van der Waals surface area contributed by atoms with Crippen molar-refractivity contribution in [2.75, 3.05) is 26.9 Å². The predicted octanol–water partition coefficient (Wildman–Crippen LogP) is 1.59. The van der Waals surface area contributed by atoms with Crippen LogP contribution in [-0.2, 0) is 4.74 Å². The second-order valence-corrected chi connectivity index (χ2v) is 5.70. The van der Waals surface area contributed by atoms with E-state index in [1.54, 1.807) is 7.11 Å². The molecule has 3 atom stereocenters. The van der Waals surface area contributed by atoms with E-state index in [0.29, 0.717) is 6.54 Å². The van der Waals surface area contributed by atoms with E-state index in [9.17, 15) is 5.11 Å². The third-order valence-corrected chi connectivity index (χ3v) is 4.13. The Labute approximate surface area is 126 Å². The van der Waals surface area contributed by atoms with Crippen LogP contribution < -0.4 is 14.8 Å². The largest absolute Gasteiger partial charge is 0.497 e. The molecule has 2 rings (SSSR count). The standard InChI is InChI=1S/C16H25NO4/c1-12-16(2,8-9-20-12)17-10-13(18)11-21-15-6-4-14(19-3)5-7-15/h4-7,12-13,17-18H,8-11H2,1-3H3. The van der Waals surface area contributed by atoms with Gasteiger partial charge in [-0.25, -0.2) is 0 Å². The van der Waals surface area contributed by atoms with E-state index in [0.717, 1.165) is 24.5 Å². The molecule has 0 saturated carbocycles. The highest BCUT2D eigenvalue weighted by Gasteiger charge is 2.36. The Morgan fingerprint density at radius 3 is 2.62 bits per heavy atom. The van der Waals surface area contributed by atoms with Crippen LogP contribution >= 0.6 is 0 Å². The summed E-state index contributed by atoms with van der Waals surface area (Å²) in [5, 5.41) is 13.4. The molecule has 1 fully saturated rings. The van der Waals surface area contributed by atoms with Gasteiger partial charge in [0.05, 0.1) is 13.2 Å². The van der Waals surface area contributed by atoms with E-state index in [2.05, 4.69) is 19.2 Å². The summed E-state index contributed by atoms with van der Waals surface area (Å²) in [5.41, 5.74) is -0.0684. The zero-order valence-electron chi connectivity index (χ0n) is 13.0. The molecule has 3 unspecified atom stereocenters. The Bertz CT molecular complexity index is 436. The average molecular weight is 295 g/mol. The van der Waals surface area contributed by atoms with Gasteiger partial charge in [-0.3, -0.25) is 0 Å². The average Bonchev–Trinajstić information content (AvgIpc) is 2.83. The molecule has 1 aromatic rings. The molecule has 2 N–H and O–H groups in total. The molecule has 21 heavy (non-hydrogen) atoms. The van der Waals surface area contributed by atoms with E-state index in [4.69, 9.17) is 14.2 Å². The van der Waals surface area contributed by atoms with Gasteiger partial charge in [0.25, 0.3) is 0 Å². The van der Waals surface area contributed by atoms with Crippen LogP contribution in [0.4, 0.5) is 0 Å². The number of aliphatic hydroxyl groups excluding tert-OH is 1. The molecule has 0 aromatic heterocycles. The molecule has 0 aliphatic carbocycles. The maximum Gasteiger partial charge on any atom is 0.119 e. The van der Waals surface area contributed by atoms with Gasteiger partial charge in [0.2, 0.25) is 0 Å². The molecular formula is C16H25NO4. The molecule has 118 valence electrons. The molecule has 1 aliphatic rings. The number of nitrogens with one attached hydrogen (secondary N) is 1. The van der Waals surface area contributed by atoms with Gasteiger partial charge in [0.1, 0.15) is 24.2 Å². The Kier molecular flexibility index (Phi) is 5.45. The second-order valence-electron chi connectivity index (χ2n) is 5.70. The lowest BCUT2D eigenvalue weighted by Crippen LogP contribution is -2.51. The monoisotopic (exact) mass is 295 g/mol. The maximum atomic E-state index is 10.0. The summed E-state index contributed by atoms with van der Waals surface area (Å²) < 4.78 is 16.2. The number of methoxy groups -OCH3 is 1. The Balaban J connectivity index is 1.73. The van der Waals surface area contributed by atoms with Crippen molar-refractivity contribution in [2.45, 2.75) is 38.0 Å². The van der Waals surface area contributed by atoms with Gasteiger partial charge in [-0.2, -0.15) is 0 Å². The highest BCUT2D eigenvalue weighted by Crippen LogP contribution is 2.24. The number of aliphatic hydroxyl groups is 1. The van der Waals surface area contributed by atoms with Crippen LogP contribution in [0.25, 0.3) is 0 Å². The summed E-state index contributed by atoms with van der Waals surface area (Å²) in [6, 6.07) is 7.32. The fourth-order valence-corrected chi connectivity index (χ4v) is 2.34. The van der Waals surface area contributed by atoms with Gasteiger partial charge in [0, 0.05) is 18.7 Å². The normalized spacial score (nSPS) is 26.6. The van der Waals surface area contributed by atoms with E-state index < -0.39 is 6.10 Å². The van der Waals surface area contributed by atoms with E-state index in [-0.39, 0.29) is 18.2 Å². The number of benzene rings is 1. The lowest BCUT2D eigenvalue weighted by Gasteiger charge is -2.30. The molecule has 1 heterocycles. The van der Waals surface area contributed by atoms with E-state index >= 15 is 0 Å². The summed E-state index contributed by atoms with van der Waals surface area (Å²) in [6.07, 6.45) is 0.559. The highest BCUT2D eigenvalue weighted by molar-refractivity contribution is 5.31. The molecule has 0 bridgehead atoms.